The van der Waals surface area contributed by atoms with Gasteiger partial charge < -0.3 is 5.11 Å². The van der Waals surface area contributed by atoms with Crippen LogP contribution in [0.3, 0.4) is 0 Å². The third-order valence-electron chi connectivity index (χ3n) is 8.27. The van der Waals surface area contributed by atoms with Crippen LogP contribution >= 0.6 is 0 Å². The summed E-state index contributed by atoms with van der Waals surface area (Å²) in [4.78, 5) is 22.7. The molecule has 0 amide bonds. The Morgan fingerprint density at radius 3 is 2.83 bits per heavy atom. The van der Waals surface area contributed by atoms with Gasteiger partial charge in [0.05, 0.1) is 0 Å². The van der Waals surface area contributed by atoms with E-state index < -0.39 is 5.97 Å². The molecule has 3 saturated carbocycles. The molecule has 24 heavy (non-hydrogen) atoms. The standard InChI is InChI=1S/C21H30O3/c1-21-11-10-17-16-7-5-15(22)12-13(16)2-6-18(17)19(21)8-3-14(21)4-9-20(23)24/h5,7,13-14,16-19H,2-4,6,8-12H2,1H3,(H,23,24)/t13-,14+,16-,17+,18+,19-,21+/m0/s1. The number of aliphatic carboxylic acids is 1. The van der Waals surface area contributed by atoms with Crippen LogP contribution in [0, 0.1) is 40.9 Å². The molecule has 0 aromatic carbocycles. The van der Waals surface area contributed by atoms with E-state index in [4.69, 9.17) is 5.11 Å². The molecule has 0 unspecified atom stereocenters. The van der Waals surface area contributed by atoms with Crippen molar-refractivity contribution in [3.8, 4) is 0 Å². The normalized spacial score (nSPS) is 47.0. The molecule has 4 aliphatic carbocycles. The lowest BCUT2D eigenvalue weighted by Crippen LogP contribution is -2.47. The second-order valence-corrected chi connectivity index (χ2v) is 9.13. The largest absolute Gasteiger partial charge is 0.481 e. The maximum absolute atomic E-state index is 11.7. The van der Waals surface area contributed by atoms with Gasteiger partial charge in [-0.05, 0) is 91.9 Å². The van der Waals surface area contributed by atoms with Gasteiger partial charge in [0.1, 0.15) is 0 Å². The zero-order chi connectivity index (χ0) is 16.9. The van der Waals surface area contributed by atoms with Gasteiger partial charge in [0, 0.05) is 12.8 Å². The zero-order valence-electron chi connectivity index (χ0n) is 14.7. The van der Waals surface area contributed by atoms with Gasteiger partial charge in [0.25, 0.3) is 0 Å². The van der Waals surface area contributed by atoms with Gasteiger partial charge in [0.2, 0.25) is 0 Å². The molecule has 0 heterocycles. The number of ketones is 1. The summed E-state index contributed by atoms with van der Waals surface area (Å²) in [7, 11) is 0. The van der Waals surface area contributed by atoms with Crippen LogP contribution in [0.2, 0.25) is 0 Å². The first-order valence-electron chi connectivity index (χ1n) is 9.92. The number of hydrogen-bond acceptors (Lipinski definition) is 2. The number of allylic oxidation sites excluding steroid dienone is 2. The van der Waals surface area contributed by atoms with Crippen LogP contribution in [0.1, 0.15) is 64.7 Å². The van der Waals surface area contributed by atoms with E-state index in [9.17, 15) is 9.59 Å². The van der Waals surface area contributed by atoms with Crippen molar-refractivity contribution < 1.29 is 14.7 Å². The number of hydrogen-bond donors (Lipinski definition) is 1. The molecule has 0 radical (unpaired) electrons. The minimum absolute atomic E-state index is 0.324. The van der Waals surface area contributed by atoms with Crippen molar-refractivity contribution in [2.75, 3.05) is 0 Å². The van der Waals surface area contributed by atoms with E-state index in [-0.39, 0.29) is 0 Å². The Morgan fingerprint density at radius 1 is 1.21 bits per heavy atom. The predicted octanol–water partition coefficient (Wildman–Crippen LogP) is 4.47. The molecule has 0 aromatic heterocycles. The lowest BCUT2D eigenvalue weighted by atomic mass is 9.50. The Labute approximate surface area is 144 Å². The molecule has 0 bridgehead atoms. The fourth-order valence-electron chi connectivity index (χ4n) is 7.12. The maximum Gasteiger partial charge on any atom is 0.303 e. The molecule has 0 aliphatic heterocycles. The molecule has 1 N–H and O–H groups in total. The maximum atomic E-state index is 11.7. The highest BCUT2D eigenvalue weighted by Gasteiger charge is 2.56. The molecule has 0 aromatic rings. The zero-order valence-corrected chi connectivity index (χ0v) is 14.7. The summed E-state index contributed by atoms with van der Waals surface area (Å²) >= 11 is 0. The molecule has 0 spiro atoms. The number of carbonyl (C=O) groups is 2. The number of carbonyl (C=O) groups excluding carboxylic acids is 1. The first kappa shape index (κ1) is 16.4. The fourth-order valence-corrected chi connectivity index (χ4v) is 7.12. The molecule has 4 rings (SSSR count). The SMILES string of the molecule is C[C@]12CC[C@@H]3[C@H]4C=CC(=O)C[C@@H]4CC[C@H]3[C@@H]1CC[C@@H]2CCC(=O)O. The van der Waals surface area contributed by atoms with Crippen molar-refractivity contribution in [1.82, 2.24) is 0 Å². The second-order valence-electron chi connectivity index (χ2n) is 9.13. The number of fused-ring (bicyclic) bond motifs is 5. The summed E-state index contributed by atoms with van der Waals surface area (Å²) in [6, 6.07) is 0. The average Bonchev–Trinajstić information content (AvgIpc) is 2.89. The van der Waals surface area contributed by atoms with E-state index in [0.717, 1.165) is 30.6 Å². The summed E-state index contributed by atoms with van der Waals surface area (Å²) in [5.74, 6) is 3.85. The van der Waals surface area contributed by atoms with Crippen LogP contribution in [0.25, 0.3) is 0 Å². The lowest BCUT2D eigenvalue weighted by Gasteiger charge is -2.54. The summed E-state index contributed by atoms with van der Waals surface area (Å²) in [5.41, 5.74) is 0.359. The lowest BCUT2D eigenvalue weighted by molar-refractivity contribution is -0.137. The summed E-state index contributed by atoms with van der Waals surface area (Å²) in [6.45, 7) is 2.46. The molecule has 3 fully saturated rings. The van der Waals surface area contributed by atoms with E-state index in [0.29, 0.717) is 35.4 Å². The molecule has 0 saturated heterocycles. The van der Waals surface area contributed by atoms with Crippen molar-refractivity contribution in [2.24, 2.45) is 40.9 Å². The molecular weight excluding hydrogens is 300 g/mol. The topological polar surface area (TPSA) is 54.4 Å². The van der Waals surface area contributed by atoms with Gasteiger partial charge in [-0.2, -0.15) is 0 Å². The smallest absolute Gasteiger partial charge is 0.303 e. The van der Waals surface area contributed by atoms with E-state index in [1.165, 1.54) is 38.5 Å². The summed E-state index contributed by atoms with van der Waals surface area (Å²) in [5, 5.41) is 9.06. The van der Waals surface area contributed by atoms with Crippen molar-refractivity contribution in [2.45, 2.75) is 64.7 Å². The van der Waals surface area contributed by atoms with Crippen LogP contribution in [-0.2, 0) is 9.59 Å². The molecule has 3 heteroatoms. The quantitative estimate of drug-likeness (QED) is 0.831. The molecule has 3 nitrogen and oxygen atoms in total. The fraction of sp³-hybridized carbons (Fsp3) is 0.810. The van der Waals surface area contributed by atoms with Crippen LogP contribution in [0.4, 0.5) is 0 Å². The van der Waals surface area contributed by atoms with Gasteiger partial charge in [-0.15, -0.1) is 0 Å². The Balaban J connectivity index is 1.52. The first-order chi connectivity index (χ1) is 11.5. The van der Waals surface area contributed by atoms with Crippen LogP contribution < -0.4 is 0 Å². The Hall–Kier alpha value is -1.12. The number of carboxylic acid groups (broad SMARTS) is 1. The van der Waals surface area contributed by atoms with Gasteiger partial charge in [-0.25, -0.2) is 0 Å². The second kappa shape index (κ2) is 6.00. The van der Waals surface area contributed by atoms with Crippen molar-refractivity contribution >= 4 is 11.8 Å². The van der Waals surface area contributed by atoms with E-state index in [2.05, 4.69) is 13.0 Å². The van der Waals surface area contributed by atoms with Gasteiger partial charge in [-0.1, -0.05) is 13.0 Å². The predicted molar refractivity (Wildman–Crippen MR) is 92.4 cm³/mol. The number of carboxylic acids is 1. The van der Waals surface area contributed by atoms with Crippen molar-refractivity contribution in [3.63, 3.8) is 0 Å². The minimum atomic E-state index is -0.645. The number of rotatable bonds is 3. The minimum Gasteiger partial charge on any atom is -0.481 e. The first-order valence-corrected chi connectivity index (χ1v) is 9.92. The Kier molecular flexibility index (Phi) is 4.09. The van der Waals surface area contributed by atoms with E-state index >= 15 is 0 Å². The third kappa shape index (κ3) is 2.55. The van der Waals surface area contributed by atoms with Gasteiger partial charge in [-0.3, -0.25) is 9.59 Å². The van der Waals surface area contributed by atoms with Crippen LogP contribution in [0.5, 0.6) is 0 Å². The highest BCUT2D eigenvalue weighted by Crippen LogP contribution is 2.64. The van der Waals surface area contributed by atoms with E-state index in [1.807, 2.05) is 6.08 Å². The Bertz CT molecular complexity index is 565. The Morgan fingerprint density at radius 2 is 2.04 bits per heavy atom. The summed E-state index contributed by atoms with van der Waals surface area (Å²) < 4.78 is 0. The van der Waals surface area contributed by atoms with Crippen molar-refractivity contribution in [3.05, 3.63) is 12.2 Å². The highest BCUT2D eigenvalue weighted by atomic mass is 16.4. The monoisotopic (exact) mass is 330 g/mol. The summed E-state index contributed by atoms with van der Waals surface area (Å²) in [6.07, 6.45) is 13.6. The molecule has 132 valence electrons. The van der Waals surface area contributed by atoms with Crippen LogP contribution in [-0.4, -0.2) is 16.9 Å². The third-order valence-corrected chi connectivity index (χ3v) is 8.27. The average molecular weight is 330 g/mol. The highest BCUT2D eigenvalue weighted by molar-refractivity contribution is 5.90. The van der Waals surface area contributed by atoms with Crippen molar-refractivity contribution in [1.29, 1.82) is 0 Å². The van der Waals surface area contributed by atoms with E-state index in [1.54, 1.807) is 0 Å². The van der Waals surface area contributed by atoms with Gasteiger partial charge in [0.15, 0.2) is 5.78 Å². The van der Waals surface area contributed by atoms with Gasteiger partial charge >= 0.3 is 5.97 Å². The van der Waals surface area contributed by atoms with Crippen LogP contribution in [0.15, 0.2) is 12.2 Å². The molecule has 7 atom stereocenters. The molecule has 4 aliphatic rings. The molecular formula is C21H30O3.